The lowest BCUT2D eigenvalue weighted by molar-refractivity contribution is -0.140. The van der Waals surface area contributed by atoms with Crippen molar-refractivity contribution < 1.29 is 4.79 Å². The van der Waals surface area contributed by atoms with Gasteiger partial charge >= 0.3 is 0 Å². The van der Waals surface area contributed by atoms with Crippen molar-refractivity contribution in [1.82, 2.24) is 20.0 Å². The smallest absolute Gasteiger partial charge is 0.227 e. The van der Waals surface area contributed by atoms with Crippen molar-refractivity contribution in [3.05, 3.63) is 18.0 Å². The average Bonchev–Trinajstić information content (AvgIpc) is 2.84. The molecule has 5 heteroatoms. The molecule has 1 N–H and O–H groups in total. The summed E-state index contributed by atoms with van der Waals surface area (Å²) in [5.74, 6) is 0.264. The summed E-state index contributed by atoms with van der Waals surface area (Å²) >= 11 is 0. The normalized spacial score (nSPS) is 18.8. The van der Waals surface area contributed by atoms with Crippen LogP contribution in [0.4, 0.5) is 0 Å². The van der Waals surface area contributed by atoms with Crippen LogP contribution in [0.2, 0.25) is 0 Å². The first-order valence-corrected chi connectivity index (χ1v) is 7.82. The predicted octanol–water partition coefficient (Wildman–Crippen LogP) is 2.11. The van der Waals surface area contributed by atoms with E-state index in [-0.39, 0.29) is 17.4 Å². The standard InChI is InChI=1S/C16H28N4O/c1-12(14-6-9-17-19(14)5)18-13-7-10-20(11-8-13)15(21)16(2,3)4/h6,9,12-13,18H,7-8,10-11H2,1-5H3. The molecule has 1 aromatic rings. The van der Waals surface area contributed by atoms with E-state index in [2.05, 4.69) is 23.4 Å². The molecule has 118 valence electrons. The van der Waals surface area contributed by atoms with Gasteiger partial charge in [-0.15, -0.1) is 0 Å². The van der Waals surface area contributed by atoms with Gasteiger partial charge in [0, 0.05) is 43.8 Å². The number of hydrogen-bond donors (Lipinski definition) is 1. The van der Waals surface area contributed by atoms with E-state index >= 15 is 0 Å². The van der Waals surface area contributed by atoms with Crippen LogP contribution < -0.4 is 5.32 Å². The molecule has 1 aliphatic heterocycles. The molecule has 0 aromatic carbocycles. The number of nitrogens with zero attached hydrogens (tertiary/aromatic N) is 3. The molecule has 1 fully saturated rings. The molecule has 0 spiro atoms. The van der Waals surface area contributed by atoms with Gasteiger partial charge in [-0.2, -0.15) is 5.10 Å². The van der Waals surface area contributed by atoms with Crippen molar-refractivity contribution >= 4 is 5.91 Å². The summed E-state index contributed by atoms with van der Waals surface area (Å²) in [5.41, 5.74) is 0.922. The van der Waals surface area contributed by atoms with Crippen molar-refractivity contribution in [1.29, 1.82) is 0 Å². The van der Waals surface area contributed by atoms with Crippen molar-refractivity contribution in [2.45, 2.75) is 52.6 Å². The Bertz CT molecular complexity index is 481. The van der Waals surface area contributed by atoms with Crippen molar-refractivity contribution in [3.63, 3.8) is 0 Å². The summed E-state index contributed by atoms with van der Waals surface area (Å²) in [6, 6.07) is 2.81. The average molecular weight is 292 g/mol. The highest BCUT2D eigenvalue weighted by Crippen LogP contribution is 2.22. The summed E-state index contributed by atoms with van der Waals surface area (Å²) in [6.07, 6.45) is 3.87. The fourth-order valence-corrected chi connectivity index (χ4v) is 2.97. The van der Waals surface area contributed by atoms with Gasteiger partial charge in [0.1, 0.15) is 0 Å². The minimum atomic E-state index is -0.276. The number of likely N-dealkylation sites (tertiary alicyclic amines) is 1. The van der Waals surface area contributed by atoms with Crippen LogP contribution in [0.15, 0.2) is 12.3 Å². The maximum atomic E-state index is 12.3. The molecule has 0 bridgehead atoms. The van der Waals surface area contributed by atoms with Gasteiger partial charge in [0.2, 0.25) is 5.91 Å². The Labute approximate surface area is 127 Å². The van der Waals surface area contributed by atoms with Gasteiger partial charge in [-0.05, 0) is 25.8 Å². The molecule has 2 rings (SSSR count). The highest BCUT2D eigenvalue weighted by molar-refractivity contribution is 5.81. The molecular formula is C16H28N4O. The summed E-state index contributed by atoms with van der Waals surface area (Å²) in [6.45, 7) is 9.85. The van der Waals surface area contributed by atoms with E-state index in [0.29, 0.717) is 6.04 Å². The summed E-state index contributed by atoms with van der Waals surface area (Å²) in [4.78, 5) is 14.3. The van der Waals surface area contributed by atoms with E-state index in [9.17, 15) is 4.79 Å². The van der Waals surface area contributed by atoms with Crippen LogP contribution in [0.1, 0.15) is 52.3 Å². The van der Waals surface area contributed by atoms with Gasteiger partial charge in [-0.3, -0.25) is 9.48 Å². The van der Waals surface area contributed by atoms with Crippen molar-refractivity contribution in [2.75, 3.05) is 13.1 Å². The molecule has 1 amide bonds. The molecule has 21 heavy (non-hydrogen) atoms. The Balaban J connectivity index is 1.85. The summed E-state index contributed by atoms with van der Waals surface area (Å²) in [5, 5.41) is 7.88. The van der Waals surface area contributed by atoms with Gasteiger partial charge in [0.05, 0.1) is 5.69 Å². The molecule has 5 nitrogen and oxygen atoms in total. The molecule has 2 heterocycles. The number of carbonyl (C=O) groups excluding carboxylic acids is 1. The Morgan fingerprint density at radius 3 is 2.48 bits per heavy atom. The minimum Gasteiger partial charge on any atom is -0.342 e. The highest BCUT2D eigenvalue weighted by atomic mass is 16.2. The monoisotopic (exact) mass is 292 g/mol. The van der Waals surface area contributed by atoms with Gasteiger partial charge < -0.3 is 10.2 Å². The molecule has 1 unspecified atom stereocenters. The van der Waals surface area contributed by atoms with E-state index in [0.717, 1.165) is 25.9 Å². The molecule has 0 aliphatic carbocycles. The molecule has 1 aliphatic rings. The third-order valence-electron chi connectivity index (χ3n) is 4.21. The third-order valence-corrected chi connectivity index (χ3v) is 4.21. The SMILES string of the molecule is CC(NC1CCN(C(=O)C(C)(C)C)CC1)c1ccnn1C. The third kappa shape index (κ3) is 3.84. The fraction of sp³-hybridized carbons (Fsp3) is 0.750. The van der Waals surface area contributed by atoms with Crippen LogP contribution >= 0.6 is 0 Å². The van der Waals surface area contributed by atoms with E-state index in [4.69, 9.17) is 0 Å². The lowest BCUT2D eigenvalue weighted by atomic mass is 9.93. The van der Waals surface area contributed by atoms with E-state index in [1.165, 1.54) is 5.69 Å². The first-order valence-electron chi connectivity index (χ1n) is 7.82. The highest BCUT2D eigenvalue weighted by Gasteiger charge is 2.30. The molecule has 1 atom stereocenters. The summed E-state index contributed by atoms with van der Waals surface area (Å²) < 4.78 is 1.91. The number of nitrogens with one attached hydrogen (secondary N) is 1. The molecule has 0 radical (unpaired) electrons. The molecular weight excluding hydrogens is 264 g/mol. The quantitative estimate of drug-likeness (QED) is 0.928. The zero-order valence-electron chi connectivity index (χ0n) is 13.9. The topological polar surface area (TPSA) is 50.2 Å². The molecule has 1 saturated heterocycles. The Morgan fingerprint density at radius 2 is 2.00 bits per heavy atom. The number of amides is 1. The minimum absolute atomic E-state index is 0.264. The van der Waals surface area contributed by atoms with Gasteiger partial charge in [-0.1, -0.05) is 20.8 Å². The second-order valence-electron chi connectivity index (χ2n) is 7.08. The van der Waals surface area contributed by atoms with Crippen LogP contribution in [0.3, 0.4) is 0 Å². The number of aromatic nitrogens is 2. The number of carbonyl (C=O) groups is 1. The first kappa shape index (κ1) is 16.0. The Morgan fingerprint density at radius 1 is 1.38 bits per heavy atom. The van der Waals surface area contributed by atoms with Crippen molar-refractivity contribution in [3.8, 4) is 0 Å². The number of hydrogen-bond acceptors (Lipinski definition) is 3. The fourth-order valence-electron chi connectivity index (χ4n) is 2.97. The Hall–Kier alpha value is -1.36. The first-order chi connectivity index (χ1) is 9.79. The van der Waals surface area contributed by atoms with E-state index in [1.807, 2.05) is 43.6 Å². The summed E-state index contributed by atoms with van der Waals surface area (Å²) in [7, 11) is 1.97. The molecule has 0 saturated carbocycles. The zero-order chi connectivity index (χ0) is 15.6. The van der Waals surface area contributed by atoms with Crippen LogP contribution in [0, 0.1) is 5.41 Å². The van der Waals surface area contributed by atoms with Crippen LogP contribution in [-0.2, 0) is 11.8 Å². The van der Waals surface area contributed by atoms with Crippen LogP contribution in [0.25, 0.3) is 0 Å². The Kier molecular flexibility index (Phi) is 4.71. The predicted molar refractivity (Wildman–Crippen MR) is 83.8 cm³/mol. The number of piperidine rings is 1. The number of aryl methyl sites for hydroxylation is 1. The van der Waals surface area contributed by atoms with Crippen LogP contribution in [-0.4, -0.2) is 39.7 Å². The number of rotatable bonds is 3. The zero-order valence-corrected chi connectivity index (χ0v) is 13.9. The van der Waals surface area contributed by atoms with Crippen molar-refractivity contribution in [2.24, 2.45) is 12.5 Å². The van der Waals surface area contributed by atoms with Crippen LogP contribution in [0.5, 0.6) is 0 Å². The van der Waals surface area contributed by atoms with Gasteiger partial charge in [0.15, 0.2) is 0 Å². The van der Waals surface area contributed by atoms with E-state index < -0.39 is 0 Å². The molecule has 1 aromatic heterocycles. The largest absolute Gasteiger partial charge is 0.342 e. The second kappa shape index (κ2) is 6.18. The second-order valence-corrected chi connectivity index (χ2v) is 7.08. The lowest BCUT2D eigenvalue weighted by Crippen LogP contribution is -2.48. The maximum absolute atomic E-state index is 12.3. The van der Waals surface area contributed by atoms with Gasteiger partial charge in [0.25, 0.3) is 0 Å². The van der Waals surface area contributed by atoms with E-state index in [1.54, 1.807) is 0 Å². The van der Waals surface area contributed by atoms with Gasteiger partial charge in [-0.25, -0.2) is 0 Å². The maximum Gasteiger partial charge on any atom is 0.227 e. The lowest BCUT2D eigenvalue weighted by Gasteiger charge is -2.37.